The second-order valence-corrected chi connectivity index (χ2v) is 5.25. The lowest BCUT2D eigenvalue weighted by Gasteiger charge is -2.07. The van der Waals surface area contributed by atoms with Crippen LogP contribution in [0.15, 0.2) is 65.3 Å². The van der Waals surface area contributed by atoms with Crippen molar-refractivity contribution in [1.29, 1.82) is 0 Å². The van der Waals surface area contributed by atoms with E-state index >= 15 is 0 Å². The van der Waals surface area contributed by atoms with Gasteiger partial charge in [0.15, 0.2) is 0 Å². The maximum Gasteiger partial charge on any atom is 0.256 e. The minimum atomic E-state index is -0.133. The van der Waals surface area contributed by atoms with Gasteiger partial charge in [-0.2, -0.15) is 0 Å². The molecule has 0 spiro atoms. The fourth-order valence-electron chi connectivity index (χ4n) is 2.03. The van der Waals surface area contributed by atoms with Gasteiger partial charge in [0.25, 0.3) is 5.91 Å². The molecule has 98 valence electrons. The van der Waals surface area contributed by atoms with Crippen molar-refractivity contribution in [3.63, 3.8) is 0 Å². The number of carbonyl (C=O) groups excluding carboxylic acids is 1. The number of rotatable bonds is 2. The van der Waals surface area contributed by atoms with E-state index in [1.165, 1.54) is 0 Å². The molecular weight excluding hydrogens is 316 g/mol. The predicted octanol–water partition coefficient (Wildman–Crippen LogP) is 4.25. The number of benzene rings is 2. The molecule has 0 saturated heterocycles. The van der Waals surface area contributed by atoms with Gasteiger partial charge >= 0.3 is 0 Å². The molecule has 0 aliphatic carbocycles. The third-order valence-corrected chi connectivity index (χ3v) is 3.52. The number of fused-ring (bicyclic) bond motifs is 1. The molecule has 0 bridgehead atoms. The maximum absolute atomic E-state index is 12.4. The third kappa shape index (κ3) is 2.56. The first kappa shape index (κ1) is 12.8. The fraction of sp³-hybridized carbons (Fsp3) is 0. The first-order chi connectivity index (χ1) is 9.74. The van der Waals surface area contributed by atoms with Crippen molar-refractivity contribution in [2.45, 2.75) is 0 Å². The van der Waals surface area contributed by atoms with Gasteiger partial charge in [-0.1, -0.05) is 28.1 Å². The maximum atomic E-state index is 12.4. The number of nitrogens with zero attached hydrogens (tertiary/aromatic N) is 1. The lowest BCUT2D eigenvalue weighted by Crippen LogP contribution is -2.12. The molecule has 0 fully saturated rings. The van der Waals surface area contributed by atoms with Gasteiger partial charge < -0.3 is 5.32 Å². The fourth-order valence-corrected chi connectivity index (χ4v) is 2.30. The lowest BCUT2D eigenvalue weighted by atomic mass is 10.1. The first-order valence-corrected chi connectivity index (χ1v) is 6.94. The van der Waals surface area contributed by atoms with E-state index in [0.29, 0.717) is 5.56 Å². The van der Waals surface area contributed by atoms with Crippen LogP contribution in [0.5, 0.6) is 0 Å². The Morgan fingerprint density at radius 1 is 1.00 bits per heavy atom. The van der Waals surface area contributed by atoms with E-state index in [9.17, 15) is 4.79 Å². The number of anilines is 1. The van der Waals surface area contributed by atoms with Gasteiger partial charge in [-0.15, -0.1) is 0 Å². The molecule has 4 heteroatoms. The van der Waals surface area contributed by atoms with E-state index < -0.39 is 0 Å². The van der Waals surface area contributed by atoms with E-state index in [1.807, 2.05) is 48.5 Å². The van der Waals surface area contributed by atoms with Gasteiger partial charge in [0.05, 0.1) is 5.52 Å². The van der Waals surface area contributed by atoms with Gasteiger partial charge in [-0.3, -0.25) is 9.78 Å². The molecule has 1 aromatic heterocycles. The van der Waals surface area contributed by atoms with E-state index in [2.05, 4.69) is 26.2 Å². The van der Waals surface area contributed by atoms with E-state index in [1.54, 1.807) is 12.3 Å². The van der Waals surface area contributed by atoms with Crippen LogP contribution in [0.1, 0.15) is 10.4 Å². The number of aromatic nitrogens is 1. The summed E-state index contributed by atoms with van der Waals surface area (Å²) >= 11 is 3.37. The molecule has 1 amide bonds. The summed E-state index contributed by atoms with van der Waals surface area (Å²) in [5.41, 5.74) is 2.20. The average molecular weight is 327 g/mol. The Labute approximate surface area is 124 Å². The molecule has 3 aromatic rings. The van der Waals surface area contributed by atoms with Crippen molar-refractivity contribution in [3.05, 3.63) is 70.8 Å². The summed E-state index contributed by atoms with van der Waals surface area (Å²) in [6, 6.07) is 16.8. The zero-order chi connectivity index (χ0) is 13.9. The van der Waals surface area contributed by atoms with Crippen LogP contribution in [0, 0.1) is 0 Å². The Balaban J connectivity index is 1.94. The molecule has 0 unspecified atom stereocenters. The highest BCUT2D eigenvalue weighted by Crippen LogP contribution is 2.19. The van der Waals surface area contributed by atoms with Crippen LogP contribution >= 0.6 is 15.9 Å². The average Bonchev–Trinajstić information content (AvgIpc) is 2.49. The second kappa shape index (κ2) is 5.43. The molecule has 3 nitrogen and oxygen atoms in total. The molecule has 0 atom stereocenters. The number of amides is 1. The minimum Gasteiger partial charge on any atom is -0.322 e. The molecule has 0 saturated carbocycles. The second-order valence-electron chi connectivity index (χ2n) is 4.34. The van der Waals surface area contributed by atoms with Crippen molar-refractivity contribution in [1.82, 2.24) is 4.98 Å². The summed E-state index contributed by atoms with van der Waals surface area (Å²) < 4.78 is 0.977. The van der Waals surface area contributed by atoms with Crippen molar-refractivity contribution >= 4 is 38.4 Å². The monoisotopic (exact) mass is 326 g/mol. The van der Waals surface area contributed by atoms with Crippen LogP contribution in [0.2, 0.25) is 0 Å². The normalized spacial score (nSPS) is 10.4. The number of carbonyl (C=O) groups is 1. The zero-order valence-corrected chi connectivity index (χ0v) is 12.1. The zero-order valence-electron chi connectivity index (χ0n) is 10.5. The van der Waals surface area contributed by atoms with Crippen molar-refractivity contribution in [2.75, 3.05) is 5.32 Å². The summed E-state index contributed by atoms with van der Waals surface area (Å²) in [4.78, 5) is 16.6. The molecule has 2 aromatic carbocycles. The Kier molecular flexibility index (Phi) is 3.48. The highest BCUT2D eigenvalue weighted by molar-refractivity contribution is 9.10. The van der Waals surface area contributed by atoms with Crippen molar-refractivity contribution < 1.29 is 4.79 Å². The summed E-state index contributed by atoms with van der Waals surface area (Å²) in [6.45, 7) is 0. The smallest absolute Gasteiger partial charge is 0.256 e. The summed E-state index contributed by atoms with van der Waals surface area (Å²) in [5, 5.41) is 3.74. The Hall–Kier alpha value is -2.20. The summed E-state index contributed by atoms with van der Waals surface area (Å²) in [5.74, 6) is -0.133. The highest BCUT2D eigenvalue weighted by Gasteiger charge is 2.10. The first-order valence-electron chi connectivity index (χ1n) is 6.15. The Morgan fingerprint density at radius 2 is 1.80 bits per heavy atom. The molecular formula is C16H11BrN2O. The van der Waals surface area contributed by atoms with Crippen molar-refractivity contribution in [2.24, 2.45) is 0 Å². The van der Waals surface area contributed by atoms with Gasteiger partial charge in [0.2, 0.25) is 0 Å². The Morgan fingerprint density at radius 3 is 2.60 bits per heavy atom. The lowest BCUT2D eigenvalue weighted by molar-refractivity contribution is 0.102. The van der Waals surface area contributed by atoms with Gasteiger partial charge in [0, 0.05) is 27.3 Å². The third-order valence-electron chi connectivity index (χ3n) is 2.99. The molecule has 0 aliphatic rings. The van der Waals surface area contributed by atoms with Crippen LogP contribution in [0.4, 0.5) is 5.69 Å². The number of nitrogens with one attached hydrogen (secondary N) is 1. The van der Waals surface area contributed by atoms with Gasteiger partial charge in [-0.05, 0) is 42.5 Å². The van der Waals surface area contributed by atoms with Crippen LogP contribution in [-0.2, 0) is 0 Å². The van der Waals surface area contributed by atoms with Gasteiger partial charge in [0.1, 0.15) is 0 Å². The Bertz CT molecular complexity index is 764. The number of hydrogen-bond donors (Lipinski definition) is 1. The number of pyridine rings is 1. The largest absolute Gasteiger partial charge is 0.322 e. The molecule has 0 radical (unpaired) electrons. The SMILES string of the molecule is O=C(Nc1ccc(Br)cc1)c1cccc2ncccc12. The quantitative estimate of drug-likeness (QED) is 0.764. The van der Waals surface area contributed by atoms with Crippen LogP contribution in [-0.4, -0.2) is 10.9 Å². The van der Waals surface area contributed by atoms with E-state index in [-0.39, 0.29) is 5.91 Å². The topological polar surface area (TPSA) is 42.0 Å². The van der Waals surface area contributed by atoms with Gasteiger partial charge in [-0.25, -0.2) is 0 Å². The highest BCUT2D eigenvalue weighted by atomic mass is 79.9. The standard InChI is InChI=1S/C16H11BrN2O/c17-11-6-8-12(9-7-11)19-16(20)14-3-1-5-15-13(14)4-2-10-18-15/h1-10H,(H,19,20). The molecule has 3 rings (SSSR count). The molecule has 0 aliphatic heterocycles. The van der Waals surface area contributed by atoms with E-state index in [0.717, 1.165) is 21.1 Å². The van der Waals surface area contributed by atoms with Crippen LogP contribution in [0.25, 0.3) is 10.9 Å². The van der Waals surface area contributed by atoms with Crippen LogP contribution in [0.3, 0.4) is 0 Å². The molecule has 1 heterocycles. The summed E-state index contributed by atoms with van der Waals surface area (Å²) in [7, 11) is 0. The van der Waals surface area contributed by atoms with Crippen LogP contribution < -0.4 is 5.32 Å². The number of halogens is 1. The van der Waals surface area contributed by atoms with E-state index in [4.69, 9.17) is 0 Å². The number of hydrogen-bond acceptors (Lipinski definition) is 2. The molecule has 1 N–H and O–H groups in total. The minimum absolute atomic E-state index is 0.133. The molecule has 20 heavy (non-hydrogen) atoms. The predicted molar refractivity (Wildman–Crippen MR) is 83.8 cm³/mol. The summed E-state index contributed by atoms with van der Waals surface area (Å²) in [6.07, 6.45) is 1.72. The van der Waals surface area contributed by atoms with Crippen molar-refractivity contribution in [3.8, 4) is 0 Å².